The van der Waals surface area contributed by atoms with Gasteiger partial charge in [0.05, 0.1) is 12.8 Å². The summed E-state index contributed by atoms with van der Waals surface area (Å²) in [6.07, 6.45) is 3.98. The van der Waals surface area contributed by atoms with Crippen molar-refractivity contribution in [2.45, 2.75) is 0 Å². The number of imidazole rings is 1. The first-order chi connectivity index (χ1) is 12.2. The van der Waals surface area contributed by atoms with Crippen LogP contribution in [0.15, 0.2) is 66.3 Å². The summed E-state index contributed by atoms with van der Waals surface area (Å²) < 4.78 is 7.15. The number of nitrogens with zero attached hydrogens (tertiary/aromatic N) is 2. The van der Waals surface area contributed by atoms with Crippen LogP contribution in [0.3, 0.4) is 0 Å². The standard InChI is InChI=1S/C19H15N3O2S/c1-24-16-4-2-3-14(11-16)18(23)20-15-7-5-13(6-8-15)17-12-22-9-10-25-19(22)21-17/h2-12H,1H3,(H,20,23). The quantitative estimate of drug-likeness (QED) is 0.597. The van der Waals surface area contributed by atoms with Gasteiger partial charge in [0, 0.05) is 34.6 Å². The molecule has 0 aliphatic carbocycles. The van der Waals surface area contributed by atoms with E-state index in [0.717, 1.165) is 21.9 Å². The van der Waals surface area contributed by atoms with Gasteiger partial charge in [-0.2, -0.15) is 0 Å². The molecule has 25 heavy (non-hydrogen) atoms. The zero-order valence-corrected chi connectivity index (χ0v) is 14.3. The molecule has 0 saturated carbocycles. The SMILES string of the molecule is COc1cccc(C(=O)Nc2ccc(-c3cn4ccsc4n3)cc2)c1. The molecule has 0 bridgehead atoms. The molecular formula is C19H15N3O2S. The topological polar surface area (TPSA) is 55.6 Å². The van der Waals surface area contributed by atoms with Gasteiger partial charge in [-0.1, -0.05) is 18.2 Å². The molecule has 0 radical (unpaired) electrons. The van der Waals surface area contributed by atoms with Crippen LogP contribution in [-0.2, 0) is 0 Å². The molecule has 0 aliphatic rings. The molecule has 2 aromatic carbocycles. The zero-order chi connectivity index (χ0) is 17.2. The Balaban J connectivity index is 1.51. The number of hydrogen-bond acceptors (Lipinski definition) is 4. The van der Waals surface area contributed by atoms with Crippen molar-refractivity contribution in [2.75, 3.05) is 12.4 Å². The van der Waals surface area contributed by atoms with Crippen LogP contribution in [0, 0.1) is 0 Å². The molecule has 4 aromatic rings. The molecule has 0 saturated heterocycles. The van der Waals surface area contributed by atoms with Crippen molar-refractivity contribution in [3.63, 3.8) is 0 Å². The highest BCUT2D eigenvalue weighted by molar-refractivity contribution is 7.15. The van der Waals surface area contributed by atoms with Gasteiger partial charge < -0.3 is 10.1 Å². The van der Waals surface area contributed by atoms with Crippen LogP contribution < -0.4 is 10.1 Å². The molecule has 0 spiro atoms. The van der Waals surface area contributed by atoms with Crippen molar-refractivity contribution in [1.82, 2.24) is 9.38 Å². The molecule has 5 nitrogen and oxygen atoms in total. The number of rotatable bonds is 4. The number of nitrogens with one attached hydrogen (secondary N) is 1. The van der Waals surface area contributed by atoms with Gasteiger partial charge in [-0.25, -0.2) is 4.98 Å². The highest BCUT2D eigenvalue weighted by Crippen LogP contribution is 2.23. The van der Waals surface area contributed by atoms with Crippen LogP contribution in [0.4, 0.5) is 5.69 Å². The van der Waals surface area contributed by atoms with Crippen LogP contribution in [0.5, 0.6) is 5.75 Å². The number of ether oxygens (including phenoxy) is 1. The van der Waals surface area contributed by atoms with E-state index < -0.39 is 0 Å². The van der Waals surface area contributed by atoms with Crippen LogP contribution in [0.1, 0.15) is 10.4 Å². The summed E-state index contributed by atoms with van der Waals surface area (Å²) in [5.74, 6) is 0.483. The Morgan fingerprint density at radius 1 is 1.20 bits per heavy atom. The summed E-state index contributed by atoms with van der Waals surface area (Å²) in [5.41, 5.74) is 3.21. The third kappa shape index (κ3) is 3.12. The molecule has 4 rings (SSSR count). The Morgan fingerprint density at radius 2 is 2.04 bits per heavy atom. The molecule has 1 N–H and O–H groups in total. The third-order valence-corrected chi connectivity index (χ3v) is 4.63. The van der Waals surface area contributed by atoms with Gasteiger partial charge in [-0.05, 0) is 30.3 Å². The summed E-state index contributed by atoms with van der Waals surface area (Å²) in [6, 6.07) is 14.7. The number of hydrogen-bond donors (Lipinski definition) is 1. The summed E-state index contributed by atoms with van der Waals surface area (Å²) >= 11 is 1.60. The fraction of sp³-hybridized carbons (Fsp3) is 0.0526. The largest absolute Gasteiger partial charge is 0.497 e. The lowest BCUT2D eigenvalue weighted by Gasteiger charge is -2.07. The first kappa shape index (κ1) is 15.4. The number of carbonyl (C=O) groups excluding carboxylic acids is 1. The van der Waals surface area contributed by atoms with E-state index in [0.29, 0.717) is 11.3 Å². The van der Waals surface area contributed by atoms with Crippen molar-refractivity contribution < 1.29 is 9.53 Å². The van der Waals surface area contributed by atoms with Gasteiger partial charge >= 0.3 is 0 Å². The molecule has 1 amide bonds. The molecule has 2 heterocycles. The van der Waals surface area contributed by atoms with Crippen molar-refractivity contribution in [3.8, 4) is 17.0 Å². The number of amides is 1. The maximum Gasteiger partial charge on any atom is 0.255 e. The molecule has 0 unspecified atom stereocenters. The molecule has 6 heteroatoms. The Bertz CT molecular complexity index is 1010. The van der Waals surface area contributed by atoms with E-state index >= 15 is 0 Å². The predicted molar refractivity (Wildman–Crippen MR) is 99.5 cm³/mol. The maximum absolute atomic E-state index is 12.3. The number of fused-ring (bicyclic) bond motifs is 1. The normalized spacial score (nSPS) is 10.8. The average molecular weight is 349 g/mol. The fourth-order valence-electron chi connectivity index (χ4n) is 2.56. The van der Waals surface area contributed by atoms with E-state index in [-0.39, 0.29) is 5.91 Å². The third-order valence-electron chi connectivity index (χ3n) is 3.86. The minimum absolute atomic E-state index is 0.172. The number of thiazole rings is 1. The van der Waals surface area contributed by atoms with Crippen LogP contribution in [0.2, 0.25) is 0 Å². The predicted octanol–water partition coefficient (Wildman–Crippen LogP) is 4.32. The summed E-state index contributed by atoms with van der Waals surface area (Å²) in [6.45, 7) is 0. The molecule has 0 atom stereocenters. The number of benzene rings is 2. The number of methoxy groups -OCH3 is 1. The Labute approximate surface area is 148 Å². The molecule has 0 fully saturated rings. The maximum atomic E-state index is 12.3. The Kier molecular flexibility index (Phi) is 3.95. The lowest BCUT2D eigenvalue weighted by molar-refractivity contribution is 0.102. The van der Waals surface area contributed by atoms with Gasteiger partial charge in [0.1, 0.15) is 5.75 Å². The molecule has 0 aliphatic heterocycles. The smallest absolute Gasteiger partial charge is 0.255 e. The first-order valence-electron chi connectivity index (χ1n) is 7.71. The number of carbonyl (C=O) groups is 1. The minimum Gasteiger partial charge on any atom is -0.497 e. The number of aromatic nitrogens is 2. The van der Waals surface area contributed by atoms with E-state index in [2.05, 4.69) is 10.3 Å². The van der Waals surface area contributed by atoms with Gasteiger partial charge in [-0.3, -0.25) is 9.20 Å². The Morgan fingerprint density at radius 3 is 2.80 bits per heavy atom. The van der Waals surface area contributed by atoms with Crippen LogP contribution in [0.25, 0.3) is 16.2 Å². The van der Waals surface area contributed by atoms with Gasteiger partial charge in [-0.15, -0.1) is 11.3 Å². The lowest BCUT2D eigenvalue weighted by atomic mass is 10.1. The van der Waals surface area contributed by atoms with Crippen LogP contribution >= 0.6 is 11.3 Å². The molecule has 2 aromatic heterocycles. The van der Waals surface area contributed by atoms with Crippen LogP contribution in [-0.4, -0.2) is 22.4 Å². The number of anilines is 1. The summed E-state index contributed by atoms with van der Waals surface area (Å²) in [5, 5.41) is 4.90. The van der Waals surface area contributed by atoms with Gasteiger partial charge in [0.15, 0.2) is 4.96 Å². The van der Waals surface area contributed by atoms with Crippen molar-refractivity contribution >= 4 is 27.9 Å². The lowest BCUT2D eigenvalue weighted by Crippen LogP contribution is -2.11. The molecular weight excluding hydrogens is 334 g/mol. The Hall–Kier alpha value is -3.12. The average Bonchev–Trinajstić information content (AvgIpc) is 3.24. The second-order valence-electron chi connectivity index (χ2n) is 5.48. The van der Waals surface area contributed by atoms with Crippen molar-refractivity contribution in [3.05, 3.63) is 71.9 Å². The monoisotopic (exact) mass is 349 g/mol. The van der Waals surface area contributed by atoms with E-state index in [1.54, 1.807) is 42.7 Å². The van der Waals surface area contributed by atoms with Gasteiger partial charge in [0.2, 0.25) is 0 Å². The van der Waals surface area contributed by atoms with Crippen molar-refractivity contribution in [1.29, 1.82) is 0 Å². The highest BCUT2D eigenvalue weighted by atomic mass is 32.1. The van der Waals surface area contributed by atoms with E-state index in [4.69, 9.17) is 4.74 Å². The van der Waals surface area contributed by atoms with E-state index in [1.807, 2.05) is 46.4 Å². The fourth-order valence-corrected chi connectivity index (χ4v) is 3.26. The zero-order valence-electron chi connectivity index (χ0n) is 13.5. The summed E-state index contributed by atoms with van der Waals surface area (Å²) in [4.78, 5) is 17.9. The van der Waals surface area contributed by atoms with E-state index in [1.165, 1.54) is 0 Å². The van der Waals surface area contributed by atoms with Crippen molar-refractivity contribution in [2.24, 2.45) is 0 Å². The second kappa shape index (κ2) is 6.41. The summed E-state index contributed by atoms with van der Waals surface area (Å²) in [7, 11) is 1.58. The van der Waals surface area contributed by atoms with Gasteiger partial charge in [0.25, 0.3) is 5.91 Å². The molecule has 124 valence electrons. The first-order valence-corrected chi connectivity index (χ1v) is 8.59. The highest BCUT2D eigenvalue weighted by Gasteiger charge is 2.09. The second-order valence-corrected chi connectivity index (χ2v) is 6.36. The van der Waals surface area contributed by atoms with E-state index in [9.17, 15) is 4.79 Å². The minimum atomic E-state index is -0.172.